The van der Waals surface area contributed by atoms with Crippen molar-refractivity contribution in [2.24, 2.45) is 0 Å². The summed E-state index contributed by atoms with van der Waals surface area (Å²) in [5.41, 5.74) is 1.13. The van der Waals surface area contributed by atoms with Gasteiger partial charge < -0.3 is 0 Å². The summed E-state index contributed by atoms with van der Waals surface area (Å²) < 4.78 is 0. The van der Waals surface area contributed by atoms with Crippen molar-refractivity contribution in [2.45, 2.75) is 6.92 Å². The van der Waals surface area contributed by atoms with Gasteiger partial charge in [0.15, 0.2) is 0 Å². The maximum absolute atomic E-state index is 10.8. The van der Waals surface area contributed by atoms with Crippen molar-refractivity contribution in [3.63, 3.8) is 0 Å². The van der Waals surface area contributed by atoms with Crippen LogP contribution in [-0.4, -0.2) is 11.9 Å². The molecule has 1 rings (SSSR count). The predicted molar refractivity (Wildman–Crippen MR) is 51.8 cm³/mol. The highest BCUT2D eigenvalue weighted by molar-refractivity contribution is 9.18. The number of hydrogen-bond donors (Lipinski definition) is 0. The topological polar surface area (TPSA) is 20.3 Å². The zero-order valence-corrected chi connectivity index (χ0v) is 8.70. The third kappa shape index (κ3) is 1.81. The van der Waals surface area contributed by atoms with Gasteiger partial charge in [0.1, 0.15) is 5.00 Å². The third-order valence-electron chi connectivity index (χ3n) is 1.40. The maximum atomic E-state index is 10.8. The summed E-state index contributed by atoms with van der Waals surface area (Å²) in [6.07, 6.45) is 0. The van der Waals surface area contributed by atoms with Gasteiger partial charge in [0, 0.05) is 23.0 Å². The molecule has 0 saturated heterocycles. The molecule has 0 aliphatic heterocycles. The molecule has 0 aliphatic carbocycles. The van der Waals surface area contributed by atoms with Crippen LogP contribution in [0.2, 0.25) is 0 Å². The number of halogens is 1. The van der Waals surface area contributed by atoms with Crippen molar-refractivity contribution in [2.75, 3.05) is 11.9 Å². The Kier molecular flexibility index (Phi) is 2.67. The smallest absolute Gasteiger partial charge is 0.294 e. The van der Waals surface area contributed by atoms with Gasteiger partial charge in [-0.05, 0) is 23.9 Å². The van der Waals surface area contributed by atoms with Crippen LogP contribution in [0.5, 0.6) is 0 Å². The largest absolute Gasteiger partial charge is 0.297 e. The first-order valence-corrected chi connectivity index (χ1v) is 4.77. The van der Waals surface area contributed by atoms with Crippen molar-refractivity contribution in [3.05, 3.63) is 17.0 Å². The average Bonchev–Trinajstić information content (AvgIpc) is 2.33. The van der Waals surface area contributed by atoms with E-state index in [1.54, 1.807) is 23.3 Å². The Labute approximate surface area is 78.0 Å². The summed E-state index contributed by atoms with van der Waals surface area (Å²) >= 11 is 4.45. The van der Waals surface area contributed by atoms with Gasteiger partial charge in [0.05, 0.1) is 0 Å². The Morgan fingerprint density at radius 3 is 2.73 bits per heavy atom. The SMILES string of the molecule is Cc1ccsc1N(C)C(=O)Br. The first-order valence-electron chi connectivity index (χ1n) is 3.10. The standard InChI is InChI=1S/C7H8BrNOS/c1-5-3-4-11-6(5)9(2)7(8)10/h3-4H,1-2H3. The van der Waals surface area contributed by atoms with Crippen LogP contribution in [-0.2, 0) is 0 Å². The van der Waals surface area contributed by atoms with E-state index in [4.69, 9.17) is 0 Å². The van der Waals surface area contributed by atoms with Crippen LogP contribution >= 0.6 is 27.3 Å². The van der Waals surface area contributed by atoms with E-state index < -0.39 is 0 Å². The number of aryl methyl sites for hydroxylation is 1. The molecule has 0 aliphatic rings. The Balaban J connectivity index is 2.92. The second-order valence-electron chi connectivity index (χ2n) is 2.22. The lowest BCUT2D eigenvalue weighted by molar-refractivity contribution is 0.267. The van der Waals surface area contributed by atoms with Gasteiger partial charge in [-0.3, -0.25) is 9.69 Å². The van der Waals surface area contributed by atoms with E-state index in [-0.39, 0.29) is 4.82 Å². The minimum atomic E-state index is -0.108. The lowest BCUT2D eigenvalue weighted by Gasteiger charge is -2.11. The van der Waals surface area contributed by atoms with Gasteiger partial charge in [-0.25, -0.2) is 0 Å². The van der Waals surface area contributed by atoms with Crippen molar-refractivity contribution in [1.29, 1.82) is 0 Å². The van der Waals surface area contributed by atoms with Crippen LogP contribution in [0.1, 0.15) is 5.56 Å². The van der Waals surface area contributed by atoms with E-state index in [1.807, 2.05) is 18.4 Å². The maximum Gasteiger partial charge on any atom is 0.294 e. The second kappa shape index (κ2) is 3.36. The molecular formula is C7H8BrNOS. The molecule has 0 radical (unpaired) electrons. The molecule has 1 amide bonds. The first kappa shape index (κ1) is 8.74. The molecule has 11 heavy (non-hydrogen) atoms. The zero-order valence-electron chi connectivity index (χ0n) is 6.30. The lowest BCUT2D eigenvalue weighted by atomic mass is 10.3. The summed E-state index contributed by atoms with van der Waals surface area (Å²) in [6.45, 7) is 1.98. The van der Waals surface area contributed by atoms with E-state index in [9.17, 15) is 4.79 Å². The van der Waals surface area contributed by atoms with Gasteiger partial charge in [-0.1, -0.05) is 0 Å². The molecule has 1 heterocycles. The molecule has 0 bridgehead atoms. The Bertz CT molecular complexity index is 271. The normalized spacial score (nSPS) is 9.73. The quantitative estimate of drug-likeness (QED) is 0.540. The minimum absolute atomic E-state index is 0.108. The number of amides is 1. The lowest BCUT2D eigenvalue weighted by Crippen LogP contribution is -2.18. The van der Waals surface area contributed by atoms with Crippen LogP contribution in [0.3, 0.4) is 0 Å². The highest BCUT2D eigenvalue weighted by atomic mass is 79.9. The van der Waals surface area contributed by atoms with Crippen LogP contribution in [0.25, 0.3) is 0 Å². The molecule has 0 fully saturated rings. The molecule has 0 unspecified atom stereocenters. The second-order valence-corrected chi connectivity index (χ2v) is 3.79. The van der Waals surface area contributed by atoms with Crippen molar-refractivity contribution in [1.82, 2.24) is 0 Å². The average molecular weight is 234 g/mol. The highest BCUT2D eigenvalue weighted by Gasteiger charge is 2.09. The molecule has 0 saturated carbocycles. The summed E-state index contributed by atoms with van der Waals surface area (Å²) in [4.78, 5) is 12.3. The van der Waals surface area contributed by atoms with E-state index in [0.717, 1.165) is 10.6 Å². The summed E-state index contributed by atoms with van der Waals surface area (Å²) in [5.74, 6) is 0. The molecule has 1 aromatic heterocycles. The molecule has 60 valence electrons. The molecule has 0 aromatic carbocycles. The molecule has 0 atom stereocenters. The Morgan fingerprint density at radius 2 is 2.36 bits per heavy atom. The summed E-state index contributed by atoms with van der Waals surface area (Å²) in [5, 5.41) is 2.96. The highest BCUT2D eigenvalue weighted by Crippen LogP contribution is 2.26. The number of nitrogens with zero attached hydrogens (tertiary/aromatic N) is 1. The van der Waals surface area contributed by atoms with Crippen LogP contribution in [0.4, 0.5) is 9.80 Å². The predicted octanol–water partition coefficient (Wildman–Crippen LogP) is 3.01. The minimum Gasteiger partial charge on any atom is -0.297 e. The van der Waals surface area contributed by atoms with Crippen molar-refractivity contribution < 1.29 is 4.79 Å². The molecular weight excluding hydrogens is 226 g/mol. The number of hydrogen-bond acceptors (Lipinski definition) is 2. The third-order valence-corrected chi connectivity index (χ3v) is 3.03. The number of carbonyl (C=O) groups is 1. The Morgan fingerprint density at radius 1 is 1.73 bits per heavy atom. The number of thiophene rings is 1. The van der Waals surface area contributed by atoms with E-state index in [0.29, 0.717) is 0 Å². The van der Waals surface area contributed by atoms with E-state index in [2.05, 4.69) is 15.9 Å². The molecule has 2 nitrogen and oxygen atoms in total. The molecule has 0 N–H and O–H groups in total. The fourth-order valence-corrected chi connectivity index (χ4v) is 1.98. The van der Waals surface area contributed by atoms with Crippen LogP contribution in [0, 0.1) is 6.92 Å². The Hall–Kier alpha value is -0.350. The fourth-order valence-electron chi connectivity index (χ4n) is 0.788. The fraction of sp³-hybridized carbons (Fsp3) is 0.286. The first-order chi connectivity index (χ1) is 5.13. The molecule has 1 aromatic rings. The van der Waals surface area contributed by atoms with E-state index >= 15 is 0 Å². The van der Waals surface area contributed by atoms with Gasteiger partial charge in [0.25, 0.3) is 4.82 Å². The van der Waals surface area contributed by atoms with Crippen molar-refractivity contribution >= 4 is 37.1 Å². The van der Waals surface area contributed by atoms with Crippen LogP contribution < -0.4 is 4.90 Å². The monoisotopic (exact) mass is 233 g/mol. The van der Waals surface area contributed by atoms with Gasteiger partial charge in [0.2, 0.25) is 0 Å². The number of rotatable bonds is 1. The summed E-state index contributed by atoms with van der Waals surface area (Å²) in [7, 11) is 1.75. The van der Waals surface area contributed by atoms with Gasteiger partial charge in [-0.2, -0.15) is 0 Å². The molecule has 0 spiro atoms. The summed E-state index contributed by atoms with van der Waals surface area (Å²) in [6, 6.07) is 1.99. The van der Waals surface area contributed by atoms with E-state index in [1.165, 1.54) is 0 Å². The zero-order chi connectivity index (χ0) is 8.43. The van der Waals surface area contributed by atoms with Gasteiger partial charge >= 0.3 is 0 Å². The number of anilines is 1. The van der Waals surface area contributed by atoms with Crippen LogP contribution in [0.15, 0.2) is 11.4 Å². The molecule has 4 heteroatoms. The van der Waals surface area contributed by atoms with Crippen molar-refractivity contribution in [3.8, 4) is 0 Å². The number of carbonyl (C=O) groups excluding carboxylic acids is 1. The van der Waals surface area contributed by atoms with Gasteiger partial charge in [-0.15, -0.1) is 11.3 Å².